The summed E-state index contributed by atoms with van der Waals surface area (Å²) >= 11 is 11.5. The van der Waals surface area contributed by atoms with Crippen molar-refractivity contribution < 1.29 is 0 Å². The van der Waals surface area contributed by atoms with Gasteiger partial charge in [-0.15, -0.1) is 11.6 Å². The van der Waals surface area contributed by atoms with Crippen LogP contribution in [0.4, 0.5) is 5.69 Å². The van der Waals surface area contributed by atoms with Crippen LogP contribution in [0.1, 0.15) is 5.56 Å². The number of rotatable bonds is 4. The Labute approximate surface area is 94.7 Å². The summed E-state index contributed by atoms with van der Waals surface area (Å²) < 4.78 is 0. The zero-order chi connectivity index (χ0) is 10.4. The van der Waals surface area contributed by atoms with Gasteiger partial charge < -0.3 is 5.32 Å². The highest BCUT2D eigenvalue weighted by molar-refractivity contribution is 6.31. The first-order chi connectivity index (χ1) is 6.75. The van der Waals surface area contributed by atoms with Crippen molar-refractivity contribution in [3.05, 3.63) is 40.9 Å². The van der Waals surface area contributed by atoms with Crippen LogP contribution >= 0.6 is 23.2 Å². The number of allylic oxidation sites excluding steroid dienone is 1. The first-order valence-electron chi connectivity index (χ1n) is 4.45. The molecule has 1 aromatic carbocycles. The molecule has 0 spiro atoms. The maximum atomic E-state index is 5.97. The Morgan fingerprint density at radius 1 is 1.36 bits per heavy atom. The Balaban J connectivity index is 2.59. The molecule has 0 atom stereocenters. The molecule has 3 heteroatoms. The Morgan fingerprint density at radius 3 is 2.86 bits per heavy atom. The van der Waals surface area contributed by atoms with E-state index in [0.29, 0.717) is 5.88 Å². The minimum absolute atomic E-state index is 0.552. The van der Waals surface area contributed by atoms with E-state index in [1.807, 2.05) is 37.3 Å². The second-order valence-corrected chi connectivity index (χ2v) is 3.63. The molecule has 0 unspecified atom stereocenters. The summed E-state index contributed by atoms with van der Waals surface area (Å²) in [6, 6.07) is 5.83. The summed E-state index contributed by atoms with van der Waals surface area (Å²) in [4.78, 5) is 0. The maximum Gasteiger partial charge on any atom is 0.0455 e. The second kappa shape index (κ2) is 5.94. The van der Waals surface area contributed by atoms with Gasteiger partial charge >= 0.3 is 0 Å². The van der Waals surface area contributed by atoms with Gasteiger partial charge in [-0.2, -0.15) is 0 Å². The third kappa shape index (κ3) is 3.24. The van der Waals surface area contributed by atoms with Crippen molar-refractivity contribution in [2.45, 2.75) is 6.92 Å². The molecule has 1 nitrogen and oxygen atoms in total. The summed E-state index contributed by atoms with van der Waals surface area (Å²) in [5.41, 5.74) is 2.14. The molecule has 76 valence electrons. The van der Waals surface area contributed by atoms with Gasteiger partial charge in [-0.25, -0.2) is 0 Å². The van der Waals surface area contributed by atoms with Crippen LogP contribution in [0, 0.1) is 6.92 Å². The first-order valence-corrected chi connectivity index (χ1v) is 5.37. The topological polar surface area (TPSA) is 12.0 Å². The summed E-state index contributed by atoms with van der Waals surface area (Å²) in [5, 5.41) is 4.05. The van der Waals surface area contributed by atoms with Gasteiger partial charge in [-0.05, 0) is 24.6 Å². The van der Waals surface area contributed by atoms with E-state index in [1.54, 1.807) is 0 Å². The second-order valence-electron chi connectivity index (χ2n) is 2.92. The molecule has 1 N–H and O–H groups in total. The van der Waals surface area contributed by atoms with Gasteiger partial charge in [0.25, 0.3) is 0 Å². The lowest BCUT2D eigenvalue weighted by Gasteiger charge is -2.08. The molecule has 0 amide bonds. The molecule has 0 aliphatic rings. The maximum absolute atomic E-state index is 5.97. The highest BCUT2D eigenvalue weighted by Gasteiger charge is 1.99. The van der Waals surface area contributed by atoms with Crippen LogP contribution in [0.25, 0.3) is 0 Å². The van der Waals surface area contributed by atoms with Crippen LogP contribution in [-0.4, -0.2) is 12.4 Å². The normalized spacial score (nSPS) is 10.8. The molecule has 1 rings (SSSR count). The quantitative estimate of drug-likeness (QED) is 0.611. The minimum Gasteiger partial charge on any atom is -0.381 e. The predicted molar refractivity (Wildman–Crippen MR) is 64.5 cm³/mol. The van der Waals surface area contributed by atoms with Crippen LogP contribution in [0.3, 0.4) is 0 Å². The fraction of sp³-hybridized carbons (Fsp3) is 0.273. The fourth-order valence-corrected chi connectivity index (χ4v) is 1.41. The highest BCUT2D eigenvalue weighted by atomic mass is 35.5. The molecule has 0 aromatic heterocycles. The number of halogens is 2. The van der Waals surface area contributed by atoms with Crippen LogP contribution in [-0.2, 0) is 0 Å². The number of benzene rings is 1. The third-order valence-electron chi connectivity index (χ3n) is 1.93. The van der Waals surface area contributed by atoms with E-state index >= 15 is 0 Å². The molecular formula is C11H13Cl2N. The van der Waals surface area contributed by atoms with Crippen molar-refractivity contribution in [1.82, 2.24) is 0 Å². The van der Waals surface area contributed by atoms with Crippen molar-refractivity contribution in [1.29, 1.82) is 0 Å². The van der Waals surface area contributed by atoms with Gasteiger partial charge in [0.1, 0.15) is 0 Å². The minimum atomic E-state index is 0.552. The molecule has 0 aliphatic heterocycles. The standard InChI is InChI=1S/C11H13Cl2N/c1-9-10(13)5-4-6-11(9)14-8-3-2-7-12/h2-6,14H,7-8H2,1H3/b3-2+. The van der Waals surface area contributed by atoms with Crippen LogP contribution in [0.5, 0.6) is 0 Å². The number of hydrogen-bond donors (Lipinski definition) is 1. The van der Waals surface area contributed by atoms with Gasteiger partial charge in [0.15, 0.2) is 0 Å². The SMILES string of the molecule is Cc1c(Cl)cccc1NC/C=C/CCl. The third-order valence-corrected chi connectivity index (χ3v) is 2.52. The number of anilines is 1. The van der Waals surface area contributed by atoms with Crippen molar-refractivity contribution in [2.24, 2.45) is 0 Å². The van der Waals surface area contributed by atoms with Crippen molar-refractivity contribution in [3.8, 4) is 0 Å². The van der Waals surface area contributed by atoms with E-state index in [1.165, 1.54) is 0 Å². The number of nitrogens with one attached hydrogen (secondary N) is 1. The lowest BCUT2D eigenvalue weighted by atomic mass is 10.2. The average molecular weight is 230 g/mol. The predicted octanol–water partition coefficient (Wildman–Crippen LogP) is 3.86. The molecular weight excluding hydrogens is 217 g/mol. The average Bonchev–Trinajstić information content (AvgIpc) is 2.19. The Kier molecular flexibility index (Phi) is 4.85. The fourth-order valence-electron chi connectivity index (χ4n) is 1.11. The molecule has 14 heavy (non-hydrogen) atoms. The number of hydrogen-bond acceptors (Lipinski definition) is 1. The van der Waals surface area contributed by atoms with E-state index in [0.717, 1.165) is 22.8 Å². The smallest absolute Gasteiger partial charge is 0.0455 e. The monoisotopic (exact) mass is 229 g/mol. The molecule has 0 radical (unpaired) electrons. The van der Waals surface area contributed by atoms with Crippen LogP contribution < -0.4 is 5.32 Å². The molecule has 0 bridgehead atoms. The molecule has 1 aromatic rings. The van der Waals surface area contributed by atoms with Gasteiger partial charge in [-0.1, -0.05) is 29.8 Å². The van der Waals surface area contributed by atoms with Gasteiger partial charge in [0, 0.05) is 23.1 Å². The van der Waals surface area contributed by atoms with Crippen LogP contribution in [0.2, 0.25) is 5.02 Å². The van der Waals surface area contributed by atoms with Crippen molar-refractivity contribution >= 4 is 28.9 Å². The van der Waals surface area contributed by atoms with E-state index in [2.05, 4.69) is 5.32 Å². The Bertz CT molecular complexity index is 321. The Morgan fingerprint density at radius 2 is 2.14 bits per heavy atom. The van der Waals surface area contributed by atoms with Crippen LogP contribution in [0.15, 0.2) is 30.4 Å². The highest BCUT2D eigenvalue weighted by Crippen LogP contribution is 2.22. The van der Waals surface area contributed by atoms with E-state index in [9.17, 15) is 0 Å². The largest absolute Gasteiger partial charge is 0.381 e. The summed E-state index contributed by atoms with van der Waals surface area (Å²) in [5.74, 6) is 0.552. The van der Waals surface area contributed by atoms with Gasteiger partial charge in [0.05, 0.1) is 0 Å². The molecule has 0 saturated carbocycles. The van der Waals surface area contributed by atoms with Crippen molar-refractivity contribution in [3.63, 3.8) is 0 Å². The molecule has 0 fully saturated rings. The Hall–Kier alpha value is -0.660. The zero-order valence-electron chi connectivity index (χ0n) is 8.06. The summed E-state index contributed by atoms with van der Waals surface area (Å²) in [7, 11) is 0. The van der Waals surface area contributed by atoms with E-state index in [4.69, 9.17) is 23.2 Å². The lowest BCUT2D eigenvalue weighted by molar-refractivity contribution is 1.30. The molecule has 0 saturated heterocycles. The summed E-state index contributed by atoms with van der Waals surface area (Å²) in [6.45, 7) is 2.77. The number of alkyl halides is 1. The van der Waals surface area contributed by atoms with Gasteiger partial charge in [-0.3, -0.25) is 0 Å². The first kappa shape index (κ1) is 11.4. The molecule has 0 heterocycles. The zero-order valence-corrected chi connectivity index (χ0v) is 9.57. The molecule has 0 aliphatic carbocycles. The van der Waals surface area contributed by atoms with Crippen molar-refractivity contribution in [2.75, 3.05) is 17.7 Å². The lowest BCUT2D eigenvalue weighted by Crippen LogP contribution is -2.00. The van der Waals surface area contributed by atoms with E-state index in [-0.39, 0.29) is 0 Å². The van der Waals surface area contributed by atoms with E-state index < -0.39 is 0 Å². The summed E-state index contributed by atoms with van der Waals surface area (Å²) in [6.07, 6.45) is 3.90. The van der Waals surface area contributed by atoms with Gasteiger partial charge in [0.2, 0.25) is 0 Å².